The van der Waals surface area contributed by atoms with Crippen LogP contribution < -0.4 is 0 Å². The number of fused-ring (bicyclic) bond motifs is 3. The van der Waals surface area contributed by atoms with E-state index >= 15 is 0 Å². The van der Waals surface area contributed by atoms with Gasteiger partial charge in [0, 0.05) is 28.4 Å². The number of aliphatic carboxylic acids is 1. The Hall–Kier alpha value is -2.79. The van der Waals surface area contributed by atoms with Crippen molar-refractivity contribution in [2.45, 2.75) is 46.1 Å². The predicted molar refractivity (Wildman–Crippen MR) is 136 cm³/mol. The number of carboxylic acids is 1. The third kappa shape index (κ3) is 7.72. The van der Waals surface area contributed by atoms with Gasteiger partial charge < -0.3 is 9.67 Å². The fourth-order valence-corrected chi connectivity index (χ4v) is 3.61. The molecule has 3 nitrogen and oxygen atoms in total. The lowest BCUT2D eigenvalue weighted by molar-refractivity contribution is -0.137. The predicted octanol–water partition coefficient (Wildman–Crippen LogP) is 7.51. The lowest BCUT2D eigenvalue weighted by Gasteiger charge is -2.05. The molecule has 0 saturated heterocycles. The average molecular weight is 454 g/mol. The van der Waals surface area contributed by atoms with E-state index in [2.05, 4.69) is 55.3 Å². The largest absolute Gasteiger partial charge is 0.481 e. The Morgan fingerprint density at radius 3 is 2.16 bits per heavy atom. The van der Waals surface area contributed by atoms with E-state index in [4.69, 9.17) is 5.11 Å². The number of benzene rings is 3. The second-order valence-electron chi connectivity index (χ2n) is 7.56. The van der Waals surface area contributed by atoms with Crippen molar-refractivity contribution < 1.29 is 14.3 Å². The quantitative estimate of drug-likeness (QED) is 0.234. The summed E-state index contributed by atoms with van der Waals surface area (Å²) >= 11 is 4.05. The Kier molecular flexibility index (Phi) is 10.8. The molecule has 0 bridgehead atoms. The van der Waals surface area contributed by atoms with Gasteiger partial charge in [0.2, 0.25) is 0 Å². The number of aryl methyl sites for hydroxylation is 2. The number of halogens is 1. The molecule has 170 valence electrons. The Balaban J connectivity index is 0.000000230. The highest BCUT2D eigenvalue weighted by molar-refractivity contribution is 7.80. The van der Waals surface area contributed by atoms with Crippen molar-refractivity contribution in [2.75, 3.05) is 5.75 Å². The highest BCUT2D eigenvalue weighted by atomic mass is 32.1. The van der Waals surface area contributed by atoms with Gasteiger partial charge >= 0.3 is 5.97 Å². The standard InChI is InChI=1S/C16H15NO2.C6H5F.C5H12S/c1-11-6-7-13-12-4-2-3-5-14(12)17(15(13)10-11)9-8-16(18)19;7-6-4-2-1-3-5-6;1-2-3-4-5-6/h2-7,10H,8-9H2,1H3,(H,18,19);1-5H;6H,2-5H2,1H3. The Bertz CT molecular complexity index is 1100. The summed E-state index contributed by atoms with van der Waals surface area (Å²) in [6.07, 6.45) is 4.06. The zero-order valence-electron chi connectivity index (χ0n) is 18.8. The maximum Gasteiger partial charge on any atom is 0.305 e. The van der Waals surface area contributed by atoms with Crippen molar-refractivity contribution >= 4 is 40.4 Å². The molecule has 0 fully saturated rings. The molecule has 5 heteroatoms. The van der Waals surface area contributed by atoms with Crippen molar-refractivity contribution in [3.63, 3.8) is 0 Å². The molecule has 4 rings (SSSR count). The third-order valence-corrected chi connectivity index (χ3v) is 5.29. The molecule has 4 aromatic rings. The molecule has 0 aliphatic heterocycles. The van der Waals surface area contributed by atoms with Gasteiger partial charge in [-0.3, -0.25) is 4.79 Å². The van der Waals surface area contributed by atoms with Crippen LogP contribution in [0.25, 0.3) is 21.8 Å². The number of hydrogen-bond donors (Lipinski definition) is 2. The molecule has 0 atom stereocenters. The minimum Gasteiger partial charge on any atom is -0.481 e. The smallest absolute Gasteiger partial charge is 0.305 e. The fraction of sp³-hybridized carbons (Fsp3) is 0.296. The number of rotatable bonds is 6. The molecule has 0 saturated carbocycles. The number of carbonyl (C=O) groups is 1. The van der Waals surface area contributed by atoms with E-state index in [1.54, 1.807) is 18.2 Å². The number of aromatic nitrogens is 1. The summed E-state index contributed by atoms with van der Waals surface area (Å²) in [4.78, 5) is 10.8. The minimum atomic E-state index is -0.765. The van der Waals surface area contributed by atoms with Crippen LogP contribution >= 0.6 is 12.6 Å². The summed E-state index contributed by atoms with van der Waals surface area (Å²) in [5, 5.41) is 11.3. The van der Waals surface area contributed by atoms with Gasteiger partial charge in [-0.25, -0.2) is 4.39 Å². The van der Waals surface area contributed by atoms with E-state index in [0.717, 1.165) is 16.8 Å². The number of nitrogens with zero attached hydrogens (tertiary/aromatic N) is 1. The molecule has 0 spiro atoms. The summed E-state index contributed by atoms with van der Waals surface area (Å²) in [6.45, 7) is 4.75. The lowest BCUT2D eigenvalue weighted by atomic mass is 10.1. The van der Waals surface area contributed by atoms with Crippen LogP contribution in [0.4, 0.5) is 4.39 Å². The SMILES string of the molecule is CCCCCS.Cc1ccc2c3ccccc3n(CCC(=O)O)c2c1.Fc1ccccc1. The van der Waals surface area contributed by atoms with E-state index in [9.17, 15) is 9.18 Å². The number of hydrogen-bond acceptors (Lipinski definition) is 2. The van der Waals surface area contributed by atoms with E-state index in [1.165, 1.54) is 47.7 Å². The fourth-order valence-electron chi connectivity index (χ4n) is 3.38. The van der Waals surface area contributed by atoms with E-state index < -0.39 is 5.97 Å². The van der Waals surface area contributed by atoms with Gasteiger partial charge in [-0.1, -0.05) is 68.3 Å². The van der Waals surface area contributed by atoms with Crippen molar-refractivity contribution in [3.8, 4) is 0 Å². The second-order valence-corrected chi connectivity index (χ2v) is 8.01. The number of para-hydroxylation sites is 1. The van der Waals surface area contributed by atoms with Gasteiger partial charge in [-0.15, -0.1) is 0 Å². The summed E-state index contributed by atoms with van der Waals surface area (Å²) in [7, 11) is 0. The molecule has 0 aliphatic carbocycles. The maximum atomic E-state index is 11.9. The molecule has 0 aliphatic rings. The normalized spacial score (nSPS) is 10.2. The lowest BCUT2D eigenvalue weighted by Crippen LogP contribution is -2.04. The van der Waals surface area contributed by atoms with Crippen LogP contribution in [0.2, 0.25) is 0 Å². The molecule has 0 unspecified atom stereocenters. The van der Waals surface area contributed by atoms with Crippen molar-refractivity contribution in [1.29, 1.82) is 0 Å². The van der Waals surface area contributed by atoms with Crippen LogP contribution in [-0.2, 0) is 11.3 Å². The van der Waals surface area contributed by atoms with Crippen molar-refractivity contribution in [3.05, 3.63) is 84.2 Å². The number of carboxylic acid groups (broad SMARTS) is 1. The van der Waals surface area contributed by atoms with Crippen LogP contribution in [0.1, 0.15) is 38.2 Å². The second kappa shape index (κ2) is 13.6. The average Bonchev–Trinajstić information content (AvgIpc) is 3.10. The topological polar surface area (TPSA) is 42.2 Å². The Morgan fingerprint density at radius 1 is 0.938 bits per heavy atom. The third-order valence-electron chi connectivity index (χ3n) is 4.97. The Morgan fingerprint density at radius 2 is 1.59 bits per heavy atom. The van der Waals surface area contributed by atoms with Crippen LogP contribution in [0.3, 0.4) is 0 Å². The molecule has 0 amide bonds. The molecule has 3 aromatic carbocycles. The van der Waals surface area contributed by atoms with Crippen LogP contribution in [0.5, 0.6) is 0 Å². The number of unbranched alkanes of at least 4 members (excludes halogenated alkanes) is 2. The van der Waals surface area contributed by atoms with Crippen molar-refractivity contribution in [1.82, 2.24) is 4.57 Å². The molecule has 32 heavy (non-hydrogen) atoms. The van der Waals surface area contributed by atoms with E-state index in [1.807, 2.05) is 18.2 Å². The first-order valence-electron chi connectivity index (χ1n) is 11.0. The monoisotopic (exact) mass is 453 g/mol. The van der Waals surface area contributed by atoms with Crippen LogP contribution in [-0.4, -0.2) is 21.4 Å². The highest BCUT2D eigenvalue weighted by Crippen LogP contribution is 2.29. The molecule has 1 N–H and O–H groups in total. The van der Waals surface area contributed by atoms with E-state index in [-0.39, 0.29) is 12.2 Å². The zero-order chi connectivity index (χ0) is 23.3. The first-order valence-corrected chi connectivity index (χ1v) is 11.6. The summed E-state index contributed by atoms with van der Waals surface area (Å²) in [6, 6.07) is 22.4. The first kappa shape index (κ1) is 25.5. The first-order chi connectivity index (χ1) is 15.5. The zero-order valence-corrected chi connectivity index (χ0v) is 19.7. The van der Waals surface area contributed by atoms with Gasteiger partial charge in [0.25, 0.3) is 0 Å². The van der Waals surface area contributed by atoms with Gasteiger partial charge in [-0.2, -0.15) is 12.6 Å². The van der Waals surface area contributed by atoms with Gasteiger partial charge in [0.05, 0.1) is 6.42 Å². The van der Waals surface area contributed by atoms with Crippen LogP contribution in [0, 0.1) is 12.7 Å². The molecule has 1 aromatic heterocycles. The summed E-state index contributed by atoms with van der Waals surface area (Å²) in [5.41, 5.74) is 3.40. The molecule has 0 radical (unpaired) electrons. The molecular formula is C27H32FNO2S. The summed E-state index contributed by atoms with van der Waals surface area (Å²) < 4.78 is 14.0. The van der Waals surface area contributed by atoms with Crippen LogP contribution in [0.15, 0.2) is 72.8 Å². The minimum absolute atomic E-state index is 0.141. The Labute approximate surface area is 195 Å². The van der Waals surface area contributed by atoms with E-state index in [0.29, 0.717) is 6.54 Å². The molecular weight excluding hydrogens is 421 g/mol. The highest BCUT2D eigenvalue weighted by Gasteiger charge is 2.10. The van der Waals surface area contributed by atoms with Gasteiger partial charge in [-0.05, 0) is 48.9 Å². The summed E-state index contributed by atoms with van der Waals surface area (Å²) in [5.74, 6) is 0.106. The van der Waals surface area contributed by atoms with Gasteiger partial charge in [0.1, 0.15) is 5.82 Å². The number of thiol groups is 1. The van der Waals surface area contributed by atoms with Crippen molar-refractivity contribution in [2.24, 2.45) is 0 Å². The maximum absolute atomic E-state index is 11.9. The molecule has 1 heterocycles. The van der Waals surface area contributed by atoms with Gasteiger partial charge in [0.15, 0.2) is 0 Å².